The molecule has 0 amide bonds. The molecular formula is C17H25NO5S. The van der Waals surface area contributed by atoms with E-state index in [1.807, 2.05) is 18.2 Å². The first-order valence-electron chi connectivity index (χ1n) is 8.34. The smallest absolute Gasteiger partial charge is 0.215 e. The van der Waals surface area contributed by atoms with Gasteiger partial charge >= 0.3 is 0 Å². The van der Waals surface area contributed by atoms with E-state index < -0.39 is 10.0 Å². The molecular weight excluding hydrogens is 330 g/mol. The summed E-state index contributed by atoms with van der Waals surface area (Å²) in [6.07, 6.45) is 2.47. The minimum atomic E-state index is -3.33. The van der Waals surface area contributed by atoms with Crippen molar-refractivity contribution < 1.29 is 22.6 Å². The average molecular weight is 355 g/mol. The van der Waals surface area contributed by atoms with E-state index in [1.165, 1.54) is 0 Å². The molecule has 2 aliphatic heterocycles. The number of nitrogens with zero attached hydrogens (tertiary/aromatic N) is 1. The van der Waals surface area contributed by atoms with Crippen molar-refractivity contribution in [2.75, 3.05) is 39.7 Å². The molecule has 0 bridgehead atoms. The summed E-state index contributed by atoms with van der Waals surface area (Å²) < 4.78 is 43.6. The normalized spacial score (nSPS) is 25.1. The van der Waals surface area contributed by atoms with E-state index in [0.29, 0.717) is 31.3 Å². The molecule has 1 aromatic carbocycles. The van der Waals surface area contributed by atoms with Crippen molar-refractivity contribution in [1.29, 1.82) is 0 Å². The van der Waals surface area contributed by atoms with Gasteiger partial charge in [0.1, 0.15) is 11.5 Å². The highest BCUT2D eigenvalue weighted by Crippen LogP contribution is 2.40. The van der Waals surface area contributed by atoms with Gasteiger partial charge in [-0.15, -0.1) is 0 Å². The summed E-state index contributed by atoms with van der Waals surface area (Å²) in [5, 5.41) is 0. The summed E-state index contributed by atoms with van der Waals surface area (Å²) >= 11 is 0. The number of hydrogen-bond acceptors (Lipinski definition) is 5. The van der Waals surface area contributed by atoms with Crippen molar-refractivity contribution in [2.45, 2.75) is 25.3 Å². The minimum Gasteiger partial charge on any atom is -0.497 e. The Morgan fingerprint density at radius 2 is 2.08 bits per heavy atom. The monoisotopic (exact) mass is 355 g/mol. The van der Waals surface area contributed by atoms with Crippen LogP contribution in [0.2, 0.25) is 0 Å². The lowest BCUT2D eigenvalue weighted by molar-refractivity contribution is 0.188. The molecule has 134 valence electrons. The molecule has 7 heteroatoms. The molecule has 1 aromatic rings. The van der Waals surface area contributed by atoms with E-state index in [1.54, 1.807) is 18.5 Å². The number of methoxy groups -OCH3 is 2. The van der Waals surface area contributed by atoms with Gasteiger partial charge in [0.25, 0.3) is 0 Å². The molecule has 6 nitrogen and oxygen atoms in total. The van der Waals surface area contributed by atoms with Crippen LogP contribution in [0.4, 0.5) is 0 Å². The maximum absolute atomic E-state index is 12.9. The van der Waals surface area contributed by atoms with E-state index in [0.717, 1.165) is 24.8 Å². The molecule has 2 unspecified atom stereocenters. The van der Waals surface area contributed by atoms with Gasteiger partial charge < -0.3 is 14.2 Å². The predicted octanol–water partition coefficient (Wildman–Crippen LogP) is 2.21. The quantitative estimate of drug-likeness (QED) is 0.783. The molecule has 0 spiro atoms. The first kappa shape index (κ1) is 17.5. The molecule has 0 saturated carbocycles. The van der Waals surface area contributed by atoms with Crippen LogP contribution in [-0.2, 0) is 14.8 Å². The first-order valence-corrected chi connectivity index (χ1v) is 9.95. The standard InChI is InChI=1S/C17H25NO5S/c1-21-14-5-6-17(22-2)15(10-14)16-4-3-8-18(16)24(19,20)12-13-7-9-23-11-13/h5-6,10,13,16H,3-4,7-9,11-12H2,1-2H3. The minimum absolute atomic E-state index is 0.100. The third kappa shape index (κ3) is 3.53. The Morgan fingerprint density at radius 1 is 1.25 bits per heavy atom. The lowest BCUT2D eigenvalue weighted by atomic mass is 10.0. The van der Waals surface area contributed by atoms with E-state index in [9.17, 15) is 8.42 Å². The lowest BCUT2D eigenvalue weighted by Crippen LogP contribution is -2.35. The molecule has 2 heterocycles. The van der Waals surface area contributed by atoms with Crippen LogP contribution < -0.4 is 9.47 Å². The van der Waals surface area contributed by atoms with Gasteiger partial charge in [-0.05, 0) is 43.4 Å². The van der Waals surface area contributed by atoms with Crippen LogP contribution in [0.5, 0.6) is 11.5 Å². The Balaban J connectivity index is 1.87. The van der Waals surface area contributed by atoms with Crippen LogP contribution in [0.25, 0.3) is 0 Å². The van der Waals surface area contributed by atoms with Gasteiger partial charge in [0.15, 0.2) is 0 Å². The van der Waals surface area contributed by atoms with E-state index in [2.05, 4.69) is 0 Å². The van der Waals surface area contributed by atoms with Gasteiger partial charge in [-0.2, -0.15) is 4.31 Å². The summed E-state index contributed by atoms with van der Waals surface area (Å²) in [5.41, 5.74) is 0.876. The number of benzene rings is 1. The predicted molar refractivity (Wildman–Crippen MR) is 90.9 cm³/mol. The molecule has 0 radical (unpaired) electrons. The third-order valence-corrected chi connectivity index (χ3v) is 6.87. The van der Waals surface area contributed by atoms with Crippen molar-refractivity contribution in [3.63, 3.8) is 0 Å². The highest BCUT2D eigenvalue weighted by atomic mass is 32.2. The fourth-order valence-corrected chi connectivity index (χ4v) is 5.66. The van der Waals surface area contributed by atoms with Gasteiger partial charge in [-0.1, -0.05) is 0 Å². The summed E-state index contributed by atoms with van der Waals surface area (Å²) in [5.74, 6) is 1.67. The van der Waals surface area contributed by atoms with Gasteiger partial charge in [-0.25, -0.2) is 8.42 Å². The molecule has 2 aliphatic rings. The molecule has 2 fully saturated rings. The zero-order valence-electron chi connectivity index (χ0n) is 14.2. The van der Waals surface area contributed by atoms with Crippen molar-refractivity contribution >= 4 is 10.0 Å². The highest BCUT2D eigenvalue weighted by molar-refractivity contribution is 7.89. The summed E-state index contributed by atoms with van der Waals surface area (Å²) in [6, 6.07) is 5.35. The van der Waals surface area contributed by atoms with E-state index in [-0.39, 0.29) is 17.7 Å². The fourth-order valence-electron chi connectivity index (χ4n) is 3.59. The molecule has 2 atom stereocenters. The number of hydrogen-bond donors (Lipinski definition) is 0. The summed E-state index contributed by atoms with van der Waals surface area (Å²) in [7, 11) is -0.116. The van der Waals surface area contributed by atoms with Crippen LogP contribution in [0.3, 0.4) is 0 Å². The van der Waals surface area contributed by atoms with E-state index >= 15 is 0 Å². The Morgan fingerprint density at radius 3 is 2.75 bits per heavy atom. The van der Waals surface area contributed by atoms with Gasteiger partial charge in [-0.3, -0.25) is 0 Å². The van der Waals surface area contributed by atoms with Crippen LogP contribution >= 0.6 is 0 Å². The van der Waals surface area contributed by atoms with Gasteiger partial charge in [0.05, 0.1) is 32.6 Å². The fraction of sp³-hybridized carbons (Fsp3) is 0.647. The van der Waals surface area contributed by atoms with Crippen molar-refractivity contribution in [3.05, 3.63) is 23.8 Å². The maximum Gasteiger partial charge on any atom is 0.215 e. The number of ether oxygens (including phenoxy) is 3. The Bertz CT molecular complexity index is 670. The van der Waals surface area contributed by atoms with Crippen molar-refractivity contribution in [2.24, 2.45) is 5.92 Å². The Labute approximate surface area is 143 Å². The van der Waals surface area contributed by atoms with Crippen LogP contribution in [0.15, 0.2) is 18.2 Å². The molecule has 2 saturated heterocycles. The number of sulfonamides is 1. The van der Waals surface area contributed by atoms with Crippen LogP contribution in [0, 0.1) is 5.92 Å². The van der Waals surface area contributed by atoms with Crippen LogP contribution in [0.1, 0.15) is 30.9 Å². The van der Waals surface area contributed by atoms with Crippen molar-refractivity contribution in [1.82, 2.24) is 4.31 Å². The second-order valence-electron chi connectivity index (χ2n) is 6.38. The zero-order valence-corrected chi connectivity index (χ0v) is 15.0. The number of rotatable bonds is 6. The topological polar surface area (TPSA) is 65.1 Å². The SMILES string of the molecule is COc1ccc(OC)c(C2CCCN2S(=O)(=O)CC2CCOC2)c1. The molecule has 3 rings (SSSR count). The molecule has 0 aliphatic carbocycles. The third-order valence-electron chi connectivity index (χ3n) is 4.83. The maximum atomic E-state index is 12.9. The zero-order chi connectivity index (χ0) is 17.2. The molecule has 0 aromatic heterocycles. The van der Waals surface area contributed by atoms with Crippen molar-refractivity contribution in [3.8, 4) is 11.5 Å². The van der Waals surface area contributed by atoms with E-state index in [4.69, 9.17) is 14.2 Å². The summed E-state index contributed by atoms with van der Waals surface area (Å²) in [4.78, 5) is 0. The average Bonchev–Trinajstić information content (AvgIpc) is 3.25. The molecule has 0 N–H and O–H groups in total. The molecule has 24 heavy (non-hydrogen) atoms. The first-order chi connectivity index (χ1) is 11.5. The van der Waals surface area contributed by atoms with Crippen LogP contribution in [-0.4, -0.2) is 52.5 Å². The van der Waals surface area contributed by atoms with Gasteiger partial charge in [0, 0.05) is 18.7 Å². The summed E-state index contributed by atoms with van der Waals surface area (Å²) in [6.45, 7) is 1.76. The highest BCUT2D eigenvalue weighted by Gasteiger charge is 2.38. The van der Waals surface area contributed by atoms with Gasteiger partial charge in [0.2, 0.25) is 10.0 Å². The second kappa shape index (κ2) is 7.29. The lowest BCUT2D eigenvalue weighted by Gasteiger charge is -2.27. The Kier molecular flexibility index (Phi) is 5.32. The second-order valence-corrected chi connectivity index (χ2v) is 8.35. The largest absolute Gasteiger partial charge is 0.497 e. The Hall–Kier alpha value is -1.31.